The molecule has 1 aromatic heterocycles. The number of esters is 1. The molecule has 0 radical (unpaired) electrons. The van der Waals surface area contributed by atoms with Gasteiger partial charge in [-0.25, -0.2) is 4.79 Å². The number of carbonyl (C=O) groups is 5. The van der Waals surface area contributed by atoms with Crippen LogP contribution in [0.2, 0.25) is 0 Å². The lowest BCUT2D eigenvalue weighted by Crippen LogP contribution is -2.44. The fraction of sp³-hybridized carbons (Fsp3) is 0.280. The average Bonchev–Trinajstić information content (AvgIpc) is 2.87. The van der Waals surface area contributed by atoms with Crippen molar-refractivity contribution >= 4 is 35.3 Å². The number of anilines is 1. The highest BCUT2D eigenvalue weighted by Gasteiger charge is 2.22. The summed E-state index contributed by atoms with van der Waals surface area (Å²) in [5.74, 6) is -3.65. The van der Waals surface area contributed by atoms with Gasteiger partial charge in [0.15, 0.2) is 0 Å². The van der Waals surface area contributed by atoms with Crippen LogP contribution in [0.15, 0.2) is 65.6 Å². The number of amides is 3. The number of allylic oxidation sites excluding steroid dienone is 1. The predicted molar refractivity (Wildman–Crippen MR) is 133 cm³/mol. The summed E-state index contributed by atoms with van der Waals surface area (Å²) in [4.78, 5) is 72.4. The summed E-state index contributed by atoms with van der Waals surface area (Å²) in [5, 5.41) is 15.9. The Bertz CT molecular complexity index is 1210. The quantitative estimate of drug-likeness (QED) is 0.224. The van der Waals surface area contributed by atoms with Crippen LogP contribution in [0.5, 0.6) is 0 Å². The van der Waals surface area contributed by atoms with Crippen LogP contribution in [-0.2, 0) is 30.5 Å². The standard InChI is InChI=1S/C25H28N4O8/c1-2-37-22(33)13-7-6-11-18(27-23(34)17-9-4-3-5-10-17)24(35)28-19-12-8-14-29(25(19)36)16-20(30)26-15-21(31)32/h3-5,7-10,12-14,18H,2,6,11,15-16H2,1H3,(H,26,30)(H,27,34)(H,28,35)(H,31,32)/b13-7+. The van der Waals surface area contributed by atoms with Gasteiger partial charge in [0.05, 0.1) is 6.61 Å². The Morgan fingerprint density at radius 2 is 1.81 bits per heavy atom. The fourth-order valence-corrected chi connectivity index (χ4v) is 3.09. The molecule has 2 aromatic rings. The molecule has 1 atom stereocenters. The second-order valence-corrected chi connectivity index (χ2v) is 7.64. The maximum atomic E-state index is 13.0. The number of rotatable bonds is 13. The smallest absolute Gasteiger partial charge is 0.330 e. The molecule has 12 heteroatoms. The van der Waals surface area contributed by atoms with Crippen LogP contribution >= 0.6 is 0 Å². The third-order valence-corrected chi connectivity index (χ3v) is 4.85. The molecule has 196 valence electrons. The van der Waals surface area contributed by atoms with Crippen molar-refractivity contribution < 1.29 is 33.8 Å². The van der Waals surface area contributed by atoms with Gasteiger partial charge in [0.1, 0.15) is 24.8 Å². The van der Waals surface area contributed by atoms with E-state index in [4.69, 9.17) is 9.84 Å². The zero-order valence-electron chi connectivity index (χ0n) is 20.1. The van der Waals surface area contributed by atoms with Gasteiger partial charge in [-0.2, -0.15) is 0 Å². The van der Waals surface area contributed by atoms with Crippen molar-refractivity contribution in [3.63, 3.8) is 0 Å². The van der Waals surface area contributed by atoms with Crippen LogP contribution < -0.4 is 21.5 Å². The summed E-state index contributed by atoms with van der Waals surface area (Å²) in [6, 6.07) is 9.95. The zero-order valence-corrected chi connectivity index (χ0v) is 20.1. The summed E-state index contributed by atoms with van der Waals surface area (Å²) in [7, 11) is 0. The summed E-state index contributed by atoms with van der Waals surface area (Å²) in [6.45, 7) is 0.836. The first-order valence-corrected chi connectivity index (χ1v) is 11.4. The number of nitrogens with zero attached hydrogens (tertiary/aromatic N) is 1. The van der Waals surface area contributed by atoms with E-state index in [1.807, 2.05) is 0 Å². The average molecular weight is 513 g/mol. The van der Waals surface area contributed by atoms with Crippen molar-refractivity contribution in [2.45, 2.75) is 32.4 Å². The van der Waals surface area contributed by atoms with E-state index in [1.165, 1.54) is 30.5 Å². The van der Waals surface area contributed by atoms with E-state index in [-0.39, 0.29) is 25.1 Å². The van der Waals surface area contributed by atoms with E-state index in [9.17, 15) is 28.8 Å². The molecular weight excluding hydrogens is 484 g/mol. The highest BCUT2D eigenvalue weighted by molar-refractivity contribution is 6.01. The Labute approximate surface area is 212 Å². The Kier molecular flexibility index (Phi) is 11.3. The number of carbonyl (C=O) groups excluding carboxylic acids is 4. The molecule has 0 bridgehead atoms. The molecule has 4 N–H and O–H groups in total. The van der Waals surface area contributed by atoms with Gasteiger partial charge in [-0.05, 0) is 44.0 Å². The molecule has 0 spiro atoms. The largest absolute Gasteiger partial charge is 0.480 e. The molecule has 0 aliphatic rings. The minimum atomic E-state index is -1.23. The second-order valence-electron chi connectivity index (χ2n) is 7.64. The van der Waals surface area contributed by atoms with Gasteiger partial charge in [0.2, 0.25) is 11.8 Å². The van der Waals surface area contributed by atoms with Gasteiger partial charge < -0.3 is 30.4 Å². The first kappa shape index (κ1) is 28.5. The third kappa shape index (κ3) is 9.80. The Morgan fingerprint density at radius 3 is 2.49 bits per heavy atom. The number of carboxylic acids is 1. The van der Waals surface area contributed by atoms with Crippen molar-refractivity contribution in [2.75, 3.05) is 18.5 Å². The number of carboxylic acid groups (broad SMARTS) is 1. The number of hydrogen-bond donors (Lipinski definition) is 4. The maximum Gasteiger partial charge on any atom is 0.330 e. The molecule has 0 saturated heterocycles. The van der Waals surface area contributed by atoms with Crippen LogP contribution in [0.3, 0.4) is 0 Å². The van der Waals surface area contributed by atoms with E-state index in [2.05, 4.69) is 16.0 Å². The number of aliphatic carboxylic acids is 1. The van der Waals surface area contributed by atoms with Crippen molar-refractivity contribution in [1.29, 1.82) is 0 Å². The van der Waals surface area contributed by atoms with Crippen LogP contribution in [0.4, 0.5) is 5.69 Å². The summed E-state index contributed by atoms with van der Waals surface area (Å²) in [6.07, 6.45) is 4.40. The van der Waals surface area contributed by atoms with Gasteiger partial charge in [0, 0.05) is 17.8 Å². The van der Waals surface area contributed by atoms with Crippen molar-refractivity contribution in [3.05, 3.63) is 76.7 Å². The van der Waals surface area contributed by atoms with E-state index in [0.29, 0.717) is 5.56 Å². The highest BCUT2D eigenvalue weighted by atomic mass is 16.5. The third-order valence-electron chi connectivity index (χ3n) is 4.85. The van der Waals surface area contributed by atoms with Crippen molar-refractivity contribution in [2.24, 2.45) is 0 Å². The van der Waals surface area contributed by atoms with E-state index >= 15 is 0 Å². The van der Waals surface area contributed by atoms with E-state index in [1.54, 1.807) is 37.3 Å². The minimum absolute atomic E-state index is 0.110. The number of hydrogen-bond acceptors (Lipinski definition) is 7. The van der Waals surface area contributed by atoms with Crippen LogP contribution in [0.1, 0.15) is 30.1 Å². The van der Waals surface area contributed by atoms with Crippen molar-refractivity contribution in [1.82, 2.24) is 15.2 Å². The summed E-state index contributed by atoms with van der Waals surface area (Å²) >= 11 is 0. The van der Waals surface area contributed by atoms with Gasteiger partial charge in [-0.15, -0.1) is 0 Å². The Morgan fingerprint density at radius 1 is 1.08 bits per heavy atom. The number of ether oxygens (including phenoxy) is 1. The molecule has 3 amide bonds. The van der Waals surface area contributed by atoms with Gasteiger partial charge in [-0.3, -0.25) is 24.0 Å². The number of nitrogens with one attached hydrogen (secondary N) is 3. The fourth-order valence-electron chi connectivity index (χ4n) is 3.09. The molecule has 0 fully saturated rings. The number of pyridine rings is 1. The molecule has 1 heterocycles. The molecule has 0 saturated carbocycles. The molecule has 0 aliphatic heterocycles. The lowest BCUT2D eigenvalue weighted by Gasteiger charge is -2.18. The molecule has 2 rings (SSSR count). The molecule has 37 heavy (non-hydrogen) atoms. The monoisotopic (exact) mass is 512 g/mol. The highest BCUT2D eigenvalue weighted by Crippen LogP contribution is 2.07. The number of aromatic nitrogens is 1. The lowest BCUT2D eigenvalue weighted by molar-refractivity contribution is -0.138. The second kappa shape index (κ2) is 14.6. The first-order chi connectivity index (χ1) is 17.7. The van der Waals surface area contributed by atoms with Gasteiger partial charge >= 0.3 is 11.9 Å². The summed E-state index contributed by atoms with van der Waals surface area (Å²) < 4.78 is 5.81. The van der Waals surface area contributed by atoms with Gasteiger partial charge in [-0.1, -0.05) is 24.3 Å². The molecule has 0 aliphatic carbocycles. The van der Waals surface area contributed by atoms with E-state index in [0.717, 1.165) is 4.57 Å². The summed E-state index contributed by atoms with van der Waals surface area (Å²) in [5.41, 5.74) is -0.506. The molecule has 1 unspecified atom stereocenters. The van der Waals surface area contributed by atoms with Crippen molar-refractivity contribution in [3.8, 4) is 0 Å². The zero-order chi connectivity index (χ0) is 27.2. The van der Waals surface area contributed by atoms with Gasteiger partial charge in [0.25, 0.3) is 11.5 Å². The SMILES string of the molecule is CCOC(=O)/C=C/CCC(NC(=O)c1ccccc1)C(=O)Nc1cccn(CC(=O)NCC(=O)O)c1=O. The topological polar surface area (TPSA) is 173 Å². The Hall–Kier alpha value is -4.74. The maximum absolute atomic E-state index is 13.0. The Balaban J connectivity index is 2.15. The normalized spacial score (nSPS) is 11.4. The minimum Gasteiger partial charge on any atom is -0.480 e. The first-order valence-electron chi connectivity index (χ1n) is 11.4. The van der Waals surface area contributed by atoms with Crippen LogP contribution in [-0.4, -0.2) is 58.5 Å². The number of benzene rings is 1. The molecule has 1 aromatic carbocycles. The van der Waals surface area contributed by atoms with Crippen LogP contribution in [0, 0.1) is 0 Å². The predicted octanol–water partition coefficient (Wildman–Crippen LogP) is 0.686. The molecule has 12 nitrogen and oxygen atoms in total. The lowest BCUT2D eigenvalue weighted by atomic mass is 10.1. The molecular formula is C25H28N4O8. The van der Waals surface area contributed by atoms with Crippen LogP contribution in [0.25, 0.3) is 0 Å². The van der Waals surface area contributed by atoms with E-state index < -0.39 is 54.4 Å².